The summed E-state index contributed by atoms with van der Waals surface area (Å²) < 4.78 is 0. The van der Waals surface area contributed by atoms with Gasteiger partial charge in [-0.2, -0.15) is 0 Å². The third kappa shape index (κ3) is 1.91. The van der Waals surface area contributed by atoms with E-state index in [2.05, 4.69) is 9.97 Å². The molecule has 0 unspecified atom stereocenters. The van der Waals surface area contributed by atoms with Gasteiger partial charge >= 0.3 is 5.97 Å². The van der Waals surface area contributed by atoms with Crippen molar-refractivity contribution in [3.8, 4) is 0 Å². The molecule has 58 valence electrons. The van der Waals surface area contributed by atoms with Gasteiger partial charge in [0.2, 0.25) is 0 Å². The summed E-state index contributed by atoms with van der Waals surface area (Å²) in [5.74, 6) is -1.05. The van der Waals surface area contributed by atoms with Crippen LogP contribution in [0.4, 0.5) is 0 Å². The van der Waals surface area contributed by atoms with E-state index in [0.717, 1.165) is 5.03 Å². The predicted molar refractivity (Wildman–Crippen MR) is 40.8 cm³/mol. The average molecular weight is 170 g/mol. The van der Waals surface area contributed by atoms with Crippen molar-refractivity contribution in [3.63, 3.8) is 0 Å². The number of carboxylic acid groups (broad SMARTS) is 1. The highest BCUT2D eigenvalue weighted by Crippen LogP contribution is 2.08. The molecule has 0 atom stereocenters. The zero-order valence-electron chi connectivity index (χ0n) is 5.81. The Morgan fingerprint density at radius 2 is 2.27 bits per heavy atom. The van der Waals surface area contributed by atoms with E-state index in [-0.39, 0.29) is 5.69 Å². The van der Waals surface area contributed by atoms with Crippen LogP contribution in [0, 0.1) is 0 Å². The van der Waals surface area contributed by atoms with Crippen molar-refractivity contribution in [1.29, 1.82) is 0 Å². The summed E-state index contributed by atoms with van der Waals surface area (Å²) in [4.78, 5) is 17.8. The lowest BCUT2D eigenvalue weighted by Gasteiger charge is -1.93. The largest absolute Gasteiger partial charge is 0.476 e. The molecule has 4 nitrogen and oxygen atoms in total. The molecule has 1 aromatic heterocycles. The molecule has 0 saturated carbocycles. The third-order valence-corrected chi connectivity index (χ3v) is 1.69. The Hall–Kier alpha value is -1.10. The molecular formula is C6H6N2O2S. The van der Waals surface area contributed by atoms with Crippen molar-refractivity contribution in [2.75, 3.05) is 6.26 Å². The summed E-state index contributed by atoms with van der Waals surface area (Å²) in [6, 6.07) is 0. The Balaban J connectivity index is 2.91. The summed E-state index contributed by atoms with van der Waals surface area (Å²) in [6.07, 6.45) is 4.53. The second-order valence-corrected chi connectivity index (χ2v) is 2.58. The maximum atomic E-state index is 10.3. The summed E-state index contributed by atoms with van der Waals surface area (Å²) in [6.45, 7) is 0. The van der Waals surface area contributed by atoms with Crippen molar-refractivity contribution < 1.29 is 9.90 Å². The topological polar surface area (TPSA) is 63.1 Å². The molecule has 5 heteroatoms. The number of nitrogens with zero attached hydrogens (tertiary/aromatic N) is 2. The van der Waals surface area contributed by atoms with Crippen LogP contribution in [0.5, 0.6) is 0 Å². The fourth-order valence-electron chi connectivity index (χ4n) is 0.532. The van der Waals surface area contributed by atoms with Gasteiger partial charge in [0.15, 0.2) is 5.69 Å². The second kappa shape index (κ2) is 3.34. The molecule has 1 aromatic rings. The summed E-state index contributed by atoms with van der Waals surface area (Å²) in [7, 11) is 0. The molecule has 0 amide bonds. The molecule has 0 fully saturated rings. The summed E-state index contributed by atoms with van der Waals surface area (Å²) in [5, 5.41) is 9.16. The smallest absolute Gasteiger partial charge is 0.356 e. The van der Waals surface area contributed by atoms with Crippen molar-refractivity contribution >= 4 is 17.7 Å². The van der Waals surface area contributed by atoms with Crippen LogP contribution in [0.2, 0.25) is 0 Å². The van der Waals surface area contributed by atoms with Gasteiger partial charge in [0, 0.05) is 0 Å². The van der Waals surface area contributed by atoms with Crippen LogP contribution in [-0.2, 0) is 0 Å². The number of hydrogen-bond acceptors (Lipinski definition) is 4. The molecule has 0 aliphatic carbocycles. The Morgan fingerprint density at radius 1 is 1.55 bits per heavy atom. The maximum absolute atomic E-state index is 10.3. The first kappa shape index (κ1) is 8.00. The van der Waals surface area contributed by atoms with Crippen LogP contribution in [0.15, 0.2) is 17.4 Å². The van der Waals surface area contributed by atoms with Gasteiger partial charge in [0.05, 0.1) is 12.4 Å². The number of aromatic nitrogens is 2. The van der Waals surface area contributed by atoms with Gasteiger partial charge in [0.25, 0.3) is 0 Å². The molecule has 1 N–H and O–H groups in total. The molecule has 0 radical (unpaired) electrons. The molecule has 1 heterocycles. The van der Waals surface area contributed by atoms with E-state index in [9.17, 15) is 4.79 Å². The van der Waals surface area contributed by atoms with E-state index >= 15 is 0 Å². The Morgan fingerprint density at radius 3 is 2.64 bits per heavy atom. The van der Waals surface area contributed by atoms with Gasteiger partial charge in [-0.1, -0.05) is 0 Å². The van der Waals surface area contributed by atoms with Gasteiger partial charge in [0.1, 0.15) is 5.03 Å². The van der Waals surface area contributed by atoms with E-state index < -0.39 is 5.97 Å². The van der Waals surface area contributed by atoms with Gasteiger partial charge < -0.3 is 5.11 Å². The number of aromatic carboxylic acids is 1. The zero-order chi connectivity index (χ0) is 8.27. The standard InChI is InChI=1S/C6H6N2O2S/c1-11-5-3-7-4(2-8-5)6(9)10/h2-3H,1H3,(H,9,10). The van der Waals surface area contributed by atoms with Crippen molar-refractivity contribution in [3.05, 3.63) is 18.1 Å². The van der Waals surface area contributed by atoms with Gasteiger partial charge in [-0.25, -0.2) is 14.8 Å². The molecule has 0 aliphatic heterocycles. The molecule has 0 aliphatic rings. The molecule has 11 heavy (non-hydrogen) atoms. The van der Waals surface area contributed by atoms with E-state index in [1.54, 1.807) is 0 Å². The van der Waals surface area contributed by atoms with Crippen LogP contribution < -0.4 is 0 Å². The van der Waals surface area contributed by atoms with Crippen molar-refractivity contribution in [2.24, 2.45) is 0 Å². The van der Waals surface area contributed by atoms with Crippen LogP contribution in [0.3, 0.4) is 0 Å². The number of hydrogen-bond donors (Lipinski definition) is 1. The molecular weight excluding hydrogens is 164 g/mol. The summed E-state index contributed by atoms with van der Waals surface area (Å²) in [5.41, 5.74) is -0.0252. The Kier molecular flexibility index (Phi) is 2.43. The molecule has 0 spiro atoms. The first-order chi connectivity index (χ1) is 5.24. The molecule has 0 saturated heterocycles. The van der Waals surface area contributed by atoms with E-state index in [1.165, 1.54) is 24.2 Å². The molecule has 1 rings (SSSR count). The number of rotatable bonds is 2. The second-order valence-electron chi connectivity index (χ2n) is 1.75. The van der Waals surface area contributed by atoms with Crippen molar-refractivity contribution in [1.82, 2.24) is 9.97 Å². The van der Waals surface area contributed by atoms with E-state index in [4.69, 9.17) is 5.11 Å². The van der Waals surface area contributed by atoms with Gasteiger partial charge in [-0.05, 0) is 6.26 Å². The van der Waals surface area contributed by atoms with Gasteiger partial charge in [-0.3, -0.25) is 0 Å². The normalized spacial score (nSPS) is 9.55. The van der Waals surface area contributed by atoms with E-state index in [0.29, 0.717) is 0 Å². The van der Waals surface area contributed by atoms with Gasteiger partial charge in [-0.15, -0.1) is 11.8 Å². The van der Waals surface area contributed by atoms with Crippen LogP contribution in [-0.4, -0.2) is 27.3 Å². The SMILES string of the molecule is CSc1cnc(C(=O)O)cn1. The lowest BCUT2D eigenvalue weighted by Crippen LogP contribution is -2.00. The van der Waals surface area contributed by atoms with Crippen LogP contribution >= 0.6 is 11.8 Å². The number of carboxylic acids is 1. The highest BCUT2D eigenvalue weighted by molar-refractivity contribution is 7.98. The van der Waals surface area contributed by atoms with Crippen LogP contribution in [0.25, 0.3) is 0 Å². The minimum atomic E-state index is -1.05. The quantitative estimate of drug-likeness (QED) is 0.668. The lowest BCUT2D eigenvalue weighted by molar-refractivity contribution is 0.0689. The fourth-order valence-corrected chi connectivity index (χ4v) is 0.848. The maximum Gasteiger partial charge on any atom is 0.356 e. The number of thioether (sulfide) groups is 1. The van der Waals surface area contributed by atoms with Crippen LogP contribution in [0.1, 0.15) is 10.5 Å². The lowest BCUT2D eigenvalue weighted by atomic mass is 10.5. The first-order valence-corrected chi connectivity index (χ1v) is 4.06. The third-order valence-electron chi connectivity index (χ3n) is 1.06. The van der Waals surface area contributed by atoms with Crippen molar-refractivity contribution in [2.45, 2.75) is 5.03 Å². The average Bonchev–Trinajstić information content (AvgIpc) is 2.05. The molecule has 0 bridgehead atoms. The zero-order valence-corrected chi connectivity index (χ0v) is 6.63. The number of carbonyl (C=O) groups is 1. The first-order valence-electron chi connectivity index (χ1n) is 2.83. The predicted octanol–water partition coefficient (Wildman–Crippen LogP) is 0.897. The molecule has 0 aromatic carbocycles. The summed E-state index contributed by atoms with van der Waals surface area (Å²) >= 11 is 1.42. The Labute approximate surface area is 67.7 Å². The minimum absolute atomic E-state index is 0.0252. The highest BCUT2D eigenvalue weighted by atomic mass is 32.2. The highest BCUT2D eigenvalue weighted by Gasteiger charge is 2.03. The van der Waals surface area contributed by atoms with E-state index in [1.807, 2.05) is 6.26 Å². The monoisotopic (exact) mass is 170 g/mol. The minimum Gasteiger partial charge on any atom is -0.476 e. The fraction of sp³-hybridized carbons (Fsp3) is 0.167. The Bertz CT molecular complexity index is 260.